The Morgan fingerprint density at radius 3 is 2.33 bits per heavy atom. The summed E-state index contributed by atoms with van der Waals surface area (Å²) in [7, 11) is 0. The van der Waals surface area contributed by atoms with Crippen molar-refractivity contribution in [2.24, 2.45) is 0 Å². The van der Waals surface area contributed by atoms with E-state index in [0.29, 0.717) is 36.6 Å². The lowest BCUT2D eigenvalue weighted by Crippen LogP contribution is -2.38. The number of aliphatic hydroxyl groups is 1. The van der Waals surface area contributed by atoms with Crippen molar-refractivity contribution in [3.63, 3.8) is 0 Å². The van der Waals surface area contributed by atoms with Gasteiger partial charge >= 0.3 is 0 Å². The molecular formula is C26H31FN2O4. The molecule has 0 bridgehead atoms. The SMILES string of the molecule is CCOc1ccc(C(O)=C2C(=O)C(=O)N(CCN(CC)CC)[C@H]2c2ccc(F)cc2)cc1C. The molecule has 1 N–H and O–H groups in total. The summed E-state index contributed by atoms with van der Waals surface area (Å²) < 4.78 is 19.2. The Morgan fingerprint density at radius 1 is 1.09 bits per heavy atom. The molecule has 1 aliphatic rings. The van der Waals surface area contributed by atoms with Crippen LogP contribution in [0.2, 0.25) is 0 Å². The molecule has 1 aliphatic heterocycles. The molecule has 176 valence electrons. The van der Waals surface area contributed by atoms with Crippen LogP contribution in [0.5, 0.6) is 5.75 Å². The van der Waals surface area contributed by atoms with Crippen LogP contribution in [0.3, 0.4) is 0 Å². The minimum atomic E-state index is -0.798. The third kappa shape index (κ3) is 5.09. The van der Waals surface area contributed by atoms with Crippen LogP contribution in [0, 0.1) is 12.7 Å². The summed E-state index contributed by atoms with van der Waals surface area (Å²) >= 11 is 0. The van der Waals surface area contributed by atoms with Crippen LogP contribution in [0.4, 0.5) is 4.39 Å². The molecule has 0 unspecified atom stereocenters. The molecule has 1 fully saturated rings. The summed E-state index contributed by atoms with van der Waals surface area (Å²) in [6, 6.07) is 10.0. The highest BCUT2D eigenvalue weighted by Crippen LogP contribution is 2.39. The molecular weight excluding hydrogens is 423 g/mol. The number of benzene rings is 2. The number of amides is 1. The van der Waals surface area contributed by atoms with E-state index in [2.05, 4.69) is 4.90 Å². The summed E-state index contributed by atoms with van der Waals surface area (Å²) in [5.74, 6) is -1.39. The maximum atomic E-state index is 13.6. The number of ether oxygens (including phenoxy) is 1. The van der Waals surface area contributed by atoms with Gasteiger partial charge in [-0.15, -0.1) is 0 Å². The molecule has 0 saturated carbocycles. The molecule has 1 amide bonds. The summed E-state index contributed by atoms with van der Waals surface area (Å²) in [5, 5.41) is 11.2. The Morgan fingerprint density at radius 2 is 1.76 bits per heavy atom. The molecule has 6 nitrogen and oxygen atoms in total. The number of aryl methyl sites for hydroxylation is 1. The van der Waals surface area contributed by atoms with Crippen LogP contribution in [0.1, 0.15) is 43.5 Å². The van der Waals surface area contributed by atoms with E-state index < -0.39 is 23.5 Å². The number of carbonyl (C=O) groups is 2. The lowest BCUT2D eigenvalue weighted by Gasteiger charge is -2.28. The number of Topliss-reactive ketones (excluding diaryl/α,β-unsaturated/α-hetero) is 1. The maximum Gasteiger partial charge on any atom is 0.295 e. The Kier molecular flexibility index (Phi) is 7.87. The second kappa shape index (κ2) is 10.6. The molecule has 0 aliphatic carbocycles. The third-order valence-corrected chi connectivity index (χ3v) is 6.03. The average Bonchev–Trinajstić information content (AvgIpc) is 3.06. The van der Waals surface area contributed by atoms with Crippen molar-refractivity contribution in [3.05, 3.63) is 70.5 Å². The van der Waals surface area contributed by atoms with Gasteiger partial charge in [0, 0.05) is 18.7 Å². The summed E-state index contributed by atoms with van der Waals surface area (Å²) in [6.07, 6.45) is 0. The quantitative estimate of drug-likeness (QED) is 0.348. The topological polar surface area (TPSA) is 70.1 Å². The number of likely N-dealkylation sites (tertiary alicyclic amines) is 1. The number of nitrogens with zero attached hydrogens (tertiary/aromatic N) is 2. The first-order valence-electron chi connectivity index (χ1n) is 11.3. The van der Waals surface area contributed by atoms with Gasteiger partial charge in [0.1, 0.15) is 17.3 Å². The highest BCUT2D eigenvalue weighted by atomic mass is 19.1. The summed E-state index contributed by atoms with van der Waals surface area (Å²) in [5.41, 5.74) is 1.80. The second-order valence-electron chi connectivity index (χ2n) is 7.98. The fraction of sp³-hybridized carbons (Fsp3) is 0.385. The number of halogens is 1. The van der Waals surface area contributed by atoms with Crippen molar-refractivity contribution < 1.29 is 23.8 Å². The second-order valence-corrected chi connectivity index (χ2v) is 7.98. The van der Waals surface area contributed by atoms with Crippen LogP contribution < -0.4 is 4.74 Å². The third-order valence-electron chi connectivity index (χ3n) is 6.03. The fourth-order valence-electron chi connectivity index (χ4n) is 4.16. The van der Waals surface area contributed by atoms with Gasteiger partial charge in [-0.3, -0.25) is 9.59 Å². The van der Waals surface area contributed by atoms with Crippen molar-refractivity contribution in [3.8, 4) is 5.75 Å². The first-order valence-corrected chi connectivity index (χ1v) is 11.3. The van der Waals surface area contributed by atoms with Gasteiger partial charge in [0.25, 0.3) is 11.7 Å². The smallest absolute Gasteiger partial charge is 0.295 e. The molecule has 1 saturated heterocycles. The molecule has 2 aromatic rings. The molecule has 0 radical (unpaired) electrons. The number of rotatable bonds is 9. The maximum absolute atomic E-state index is 13.6. The van der Waals surface area contributed by atoms with Gasteiger partial charge in [-0.2, -0.15) is 0 Å². The van der Waals surface area contributed by atoms with Gasteiger partial charge in [-0.1, -0.05) is 26.0 Å². The van der Waals surface area contributed by atoms with Crippen molar-refractivity contribution in [1.82, 2.24) is 9.80 Å². The number of carbonyl (C=O) groups excluding carboxylic acids is 2. The minimum Gasteiger partial charge on any atom is -0.507 e. The summed E-state index contributed by atoms with van der Waals surface area (Å²) in [6.45, 7) is 10.8. The van der Waals surface area contributed by atoms with Crippen molar-refractivity contribution in [2.45, 2.75) is 33.7 Å². The molecule has 0 spiro atoms. The van der Waals surface area contributed by atoms with E-state index in [4.69, 9.17) is 4.74 Å². The Balaban J connectivity index is 2.09. The van der Waals surface area contributed by atoms with E-state index >= 15 is 0 Å². The van der Waals surface area contributed by atoms with E-state index in [0.717, 1.165) is 18.7 Å². The highest BCUT2D eigenvalue weighted by molar-refractivity contribution is 6.46. The average molecular weight is 455 g/mol. The fourth-order valence-corrected chi connectivity index (χ4v) is 4.16. The van der Waals surface area contributed by atoms with Crippen molar-refractivity contribution in [1.29, 1.82) is 0 Å². The van der Waals surface area contributed by atoms with Crippen LogP contribution in [-0.4, -0.2) is 59.4 Å². The van der Waals surface area contributed by atoms with E-state index in [1.54, 1.807) is 30.3 Å². The zero-order valence-electron chi connectivity index (χ0n) is 19.6. The largest absolute Gasteiger partial charge is 0.507 e. The summed E-state index contributed by atoms with van der Waals surface area (Å²) in [4.78, 5) is 29.7. The van der Waals surface area contributed by atoms with Gasteiger partial charge in [0.05, 0.1) is 18.2 Å². The Bertz CT molecular complexity index is 1040. The number of hydrogen-bond donors (Lipinski definition) is 1. The zero-order chi connectivity index (χ0) is 24.1. The Labute approximate surface area is 194 Å². The van der Waals surface area contributed by atoms with Gasteiger partial charge in [0.15, 0.2) is 0 Å². The van der Waals surface area contributed by atoms with E-state index in [9.17, 15) is 19.1 Å². The van der Waals surface area contributed by atoms with Gasteiger partial charge in [0.2, 0.25) is 0 Å². The molecule has 2 aromatic carbocycles. The predicted octanol–water partition coefficient (Wildman–Crippen LogP) is 4.30. The standard InChI is InChI=1S/C26H31FN2O4/c1-5-28(6-2)14-15-29-23(18-8-11-20(27)12-9-18)22(25(31)26(29)32)24(30)19-10-13-21(33-7-3)17(4)16-19/h8-13,16,23,30H,5-7,14-15H2,1-4H3/t23-/m0/s1. The van der Waals surface area contributed by atoms with E-state index in [1.165, 1.54) is 17.0 Å². The lowest BCUT2D eigenvalue weighted by molar-refractivity contribution is -0.140. The number of likely N-dealkylation sites (N-methyl/N-ethyl adjacent to an activating group) is 1. The molecule has 7 heteroatoms. The van der Waals surface area contributed by atoms with Gasteiger partial charge in [-0.25, -0.2) is 4.39 Å². The van der Waals surface area contributed by atoms with Crippen LogP contribution >= 0.6 is 0 Å². The molecule has 1 heterocycles. The predicted molar refractivity (Wildman–Crippen MR) is 126 cm³/mol. The lowest BCUT2D eigenvalue weighted by atomic mass is 9.94. The normalized spacial score (nSPS) is 17.8. The number of hydrogen-bond acceptors (Lipinski definition) is 5. The van der Waals surface area contributed by atoms with E-state index in [1.807, 2.05) is 27.7 Å². The van der Waals surface area contributed by atoms with E-state index in [-0.39, 0.29) is 11.3 Å². The van der Waals surface area contributed by atoms with Crippen LogP contribution in [0.25, 0.3) is 5.76 Å². The number of aliphatic hydroxyl groups excluding tert-OH is 1. The van der Waals surface area contributed by atoms with Crippen LogP contribution in [-0.2, 0) is 9.59 Å². The number of ketones is 1. The zero-order valence-corrected chi connectivity index (χ0v) is 19.6. The molecule has 3 rings (SSSR count). The minimum absolute atomic E-state index is 0.00900. The first-order chi connectivity index (χ1) is 15.8. The molecule has 33 heavy (non-hydrogen) atoms. The first kappa shape index (κ1) is 24.5. The Hall–Kier alpha value is -3.19. The van der Waals surface area contributed by atoms with Crippen LogP contribution in [0.15, 0.2) is 48.0 Å². The molecule has 0 aromatic heterocycles. The van der Waals surface area contributed by atoms with Crippen molar-refractivity contribution >= 4 is 17.4 Å². The van der Waals surface area contributed by atoms with Crippen molar-refractivity contribution in [2.75, 3.05) is 32.8 Å². The van der Waals surface area contributed by atoms with Gasteiger partial charge < -0.3 is 19.6 Å². The monoisotopic (exact) mass is 454 g/mol. The van der Waals surface area contributed by atoms with Gasteiger partial charge in [-0.05, 0) is 68.4 Å². The molecule has 1 atom stereocenters. The highest BCUT2D eigenvalue weighted by Gasteiger charge is 2.46.